The predicted octanol–water partition coefficient (Wildman–Crippen LogP) is 2.71. The monoisotopic (exact) mass is 473 g/mol. The average Bonchev–Trinajstić information content (AvgIpc) is 2.79. The number of piperazine rings is 1. The predicted molar refractivity (Wildman–Crippen MR) is 122 cm³/mol. The summed E-state index contributed by atoms with van der Waals surface area (Å²) in [6, 6.07) is 9.56. The van der Waals surface area contributed by atoms with Gasteiger partial charge in [0, 0.05) is 31.3 Å². The minimum Gasteiger partial charge on any atom is -0.495 e. The molecule has 2 aromatic rings. The molecule has 174 valence electrons. The Balaban J connectivity index is 1.48. The number of morpholine rings is 1. The Bertz CT molecular complexity index is 1060. The zero-order valence-electron chi connectivity index (χ0n) is 18.2. The summed E-state index contributed by atoms with van der Waals surface area (Å²) in [5.41, 5.74) is 7.14. The maximum absolute atomic E-state index is 13.2. The van der Waals surface area contributed by atoms with Crippen molar-refractivity contribution in [3.05, 3.63) is 70.0 Å². The summed E-state index contributed by atoms with van der Waals surface area (Å²) < 4.78 is 24.2. The molecule has 2 unspecified atom stereocenters. The van der Waals surface area contributed by atoms with E-state index in [4.69, 9.17) is 26.8 Å². The first-order valence-corrected chi connectivity index (χ1v) is 11.0. The number of rotatable bonds is 6. The number of carbonyl (C=O) groups is 2. The number of nitrogens with zero attached hydrogens (tertiary/aromatic N) is 2. The van der Waals surface area contributed by atoms with Crippen LogP contribution >= 0.6 is 11.6 Å². The Morgan fingerprint density at radius 3 is 2.48 bits per heavy atom. The van der Waals surface area contributed by atoms with Crippen LogP contribution in [0.3, 0.4) is 0 Å². The van der Waals surface area contributed by atoms with Crippen LogP contribution in [0.2, 0.25) is 5.02 Å². The van der Waals surface area contributed by atoms with Gasteiger partial charge in [-0.3, -0.25) is 14.5 Å². The lowest BCUT2D eigenvalue weighted by Gasteiger charge is -2.49. The van der Waals surface area contributed by atoms with Gasteiger partial charge in [-0.1, -0.05) is 23.7 Å². The highest BCUT2D eigenvalue weighted by molar-refractivity contribution is 6.32. The molecule has 0 aromatic heterocycles. The lowest BCUT2D eigenvalue weighted by Crippen LogP contribution is -2.64. The number of carbonyl (C=O) groups excluding carboxylic acids is 2. The number of ether oxygens (including phenoxy) is 2. The van der Waals surface area contributed by atoms with Crippen molar-refractivity contribution in [3.63, 3.8) is 0 Å². The summed E-state index contributed by atoms with van der Waals surface area (Å²) in [5.74, 6) is -0.692. The smallest absolute Gasteiger partial charge is 0.249 e. The number of fused-ring (bicyclic) bond motifs is 2. The van der Waals surface area contributed by atoms with E-state index in [1.165, 1.54) is 31.4 Å². The number of halogens is 2. The molecule has 0 spiro atoms. The largest absolute Gasteiger partial charge is 0.495 e. The fourth-order valence-electron chi connectivity index (χ4n) is 4.31. The normalized spacial score (nSPS) is 20.8. The Morgan fingerprint density at radius 1 is 1.21 bits per heavy atom. The van der Waals surface area contributed by atoms with Crippen molar-refractivity contribution >= 4 is 29.5 Å². The van der Waals surface area contributed by atoms with Gasteiger partial charge in [-0.25, -0.2) is 4.39 Å². The van der Waals surface area contributed by atoms with E-state index < -0.39 is 5.91 Å². The number of nitrogens with two attached hydrogens (primary N) is 1. The maximum Gasteiger partial charge on any atom is 0.249 e. The Kier molecular flexibility index (Phi) is 6.97. The molecule has 0 radical (unpaired) electrons. The van der Waals surface area contributed by atoms with Crippen molar-refractivity contribution in [2.24, 2.45) is 5.73 Å². The lowest BCUT2D eigenvalue weighted by atomic mass is 10.0. The third-order valence-corrected chi connectivity index (χ3v) is 6.30. The molecule has 2 aromatic carbocycles. The molecular formula is C24H25ClFN3O4. The van der Waals surface area contributed by atoms with E-state index in [-0.39, 0.29) is 34.4 Å². The van der Waals surface area contributed by atoms with Crippen LogP contribution in [-0.4, -0.2) is 67.1 Å². The van der Waals surface area contributed by atoms with Gasteiger partial charge in [0.2, 0.25) is 11.8 Å². The summed E-state index contributed by atoms with van der Waals surface area (Å²) >= 11 is 6.10. The lowest BCUT2D eigenvalue weighted by molar-refractivity contribution is -0.141. The summed E-state index contributed by atoms with van der Waals surface area (Å²) in [6.07, 6.45) is 2.99. The molecule has 9 heteroatoms. The van der Waals surface area contributed by atoms with Crippen molar-refractivity contribution in [2.45, 2.75) is 18.6 Å². The van der Waals surface area contributed by atoms with E-state index in [9.17, 15) is 14.0 Å². The Hall–Kier alpha value is -2.94. The molecule has 2 heterocycles. The van der Waals surface area contributed by atoms with Crippen LogP contribution in [0.15, 0.2) is 42.5 Å². The van der Waals surface area contributed by atoms with Crippen molar-refractivity contribution in [1.82, 2.24) is 9.80 Å². The molecule has 2 N–H and O–H groups in total. The molecule has 2 fully saturated rings. The zero-order chi connectivity index (χ0) is 23.5. The van der Waals surface area contributed by atoms with Gasteiger partial charge in [-0.15, -0.1) is 0 Å². The molecule has 4 rings (SSSR count). The third kappa shape index (κ3) is 5.19. The summed E-state index contributed by atoms with van der Waals surface area (Å²) in [4.78, 5) is 28.9. The number of methoxy groups -OCH3 is 1. The van der Waals surface area contributed by atoms with E-state index in [0.29, 0.717) is 44.2 Å². The van der Waals surface area contributed by atoms with Crippen molar-refractivity contribution < 1.29 is 23.5 Å². The fourth-order valence-corrected chi connectivity index (χ4v) is 4.55. The highest BCUT2D eigenvalue weighted by Gasteiger charge is 2.39. The molecule has 2 aliphatic rings. The van der Waals surface area contributed by atoms with Crippen LogP contribution in [0.25, 0.3) is 6.08 Å². The standard InChI is InChI=1S/C24H25ClFN3O4/c1-32-22-8-16(20(24(27)31)9-21(22)25)4-7-23(30)28-11-18-13-33-14-19(12-28)29(18)10-15-2-5-17(26)6-3-15/h2-9,18-19H,10-14H2,1H3,(H2,27,31)/b7-4+. The van der Waals surface area contributed by atoms with Crippen molar-refractivity contribution in [3.8, 4) is 5.75 Å². The summed E-state index contributed by atoms with van der Waals surface area (Å²) in [7, 11) is 1.47. The van der Waals surface area contributed by atoms with Crippen molar-refractivity contribution in [1.29, 1.82) is 0 Å². The molecule has 2 bridgehead atoms. The first kappa shape index (κ1) is 23.2. The maximum atomic E-state index is 13.2. The SMILES string of the molecule is COc1cc(/C=C/C(=O)N2CC3COCC(C2)N3Cc2ccc(F)cc2)c(C(N)=O)cc1Cl. The van der Waals surface area contributed by atoms with E-state index in [2.05, 4.69) is 4.90 Å². The van der Waals surface area contributed by atoms with Crippen LogP contribution < -0.4 is 10.5 Å². The van der Waals surface area contributed by atoms with E-state index in [1.807, 2.05) is 0 Å². The van der Waals surface area contributed by atoms with Gasteiger partial charge in [0.05, 0.1) is 37.4 Å². The molecule has 33 heavy (non-hydrogen) atoms. The highest BCUT2D eigenvalue weighted by Crippen LogP contribution is 2.29. The van der Waals surface area contributed by atoms with Crippen molar-refractivity contribution in [2.75, 3.05) is 33.4 Å². The number of amides is 2. The van der Waals surface area contributed by atoms with E-state index in [0.717, 1.165) is 5.56 Å². The minimum atomic E-state index is -0.646. The minimum absolute atomic E-state index is 0.0386. The van der Waals surface area contributed by atoms with Crippen LogP contribution in [0.1, 0.15) is 21.5 Å². The number of hydrogen-bond acceptors (Lipinski definition) is 5. The quantitative estimate of drug-likeness (QED) is 0.652. The second-order valence-corrected chi connectivity index (χ2v) is 8.57. The molecule has 0 aliphatic carbocycles. The second-order valence-electron chi connectivity index (χ2n) is 8.16. The van der Waals surface area contributed by atoms with E-state index in [1.54, 1.807) is 29.2 Å². The van der Waals surface area contributed by atoms with Gasteiger partial charge in [-0.2, -0.15) is 0 Å². The van der Waals surface area contributed by atoms with E-state index >= 15 is 0 Å². The number of hydrogen-bond donors (Lipinski definition) is 1. The first-order chi connectivity index (χ1) is 15.9. The van der Waals surface area contributed by atoms with Crippen LogP contribution in [-0.2, 0) is 16.1 Å². The van der Waals surface area contributed by atoms with Gasteiger partial charge in [0.15, 0.2) is 0 Å². The Morgan fingerprint density at radius 2 is 1.88 bits per heavy atom. The topological polar surface area (TPSA) is 85.1 Å². The molecular weight excluding hydrogens is 449 g/mol. The number of benzene rings is 2. The van der Waals surface area contributed by atoms with Crippen LogP contribution in [0, 0.1) is 5.82 Å². The average molecular weight is 474 g/mol. The Labute approximate surface area is 196 Å². The zero-order valence-corrected chi connectivity index (χ0v) is 18.9. The van der Waals surface area contributed by atoms with Crippen LogP contribution in [0.4, 0.5) is 4.39 Å². The fraction of sp³-hybridized carbons (Fsp3) is 0.333. The molecule has 2 amide bonds. The van der Waals surface area contributed by atoms with Gasteiger partial charge >= 0.3 is 0 Å². The molecule has 0 saturated carbocycles. The molecule has 2 atom stereocenters. The summed E-state index contributed by atoms with van der Waals surface area (Å²) in [5, 5.41) is 0.264. The molecule has 2 saturated heterocycles. The van der Waals surface area contributed by atoms with Gasteiger partial charge < -0.3 is 20.1 Å². The molecule has 7 nitrogen and oxygen atoms in total. The molecule has 2 aliphatic heterocycles. The van der Waals surface area contributed by atoms with Gasteiger partial charge in [0.1, 0.15) is 11.6 Å². The van der Waals surface area contributed by atoms with Gasteiger partial charge in [0.25, 0.3) is 0 Å². The summed E-state index contributed by atoms with van der Waals surface area (Å²) in [6.45, 7) is 2.72. The van der Waals surface area contributed by atoms with Crippen LogP contribution in [0.5, 0.6) is 5.75 Å². The third-order valence-electron chi connectivity index (χ3n) is 6.01. The highest BCUT2D eigenvalue weighted by atomic mass is 35.5. The number of primary amides is 1. The second kappa shape index (κ2) is 9.91. The van der Waals surface area contributed by atoms with Gasteiger partial charge in [-0.05, 0) is 41.5 Å². The first-order valence-electron chi connectivity index (χ1n) is 10.6.